The van der Waals surface area contributed by atoms with Crippen LogP contribution in [0.4, 0.5) is 4.39 Å². The van der Waals surface area contributed by atoms with Crippen LogP contribution in [0.2, 0.25) is 0 Å². The van der Waals surface area contributed by atoms with Gasteiger partial charge < -0.3 is 14.5 Å². The Morgan fingerprint density at radius 3 is 2.93 bits per heavy atom. The number of halogens is 1. The normalized spacial score (nSPS) is 17.0. The van der Waals surface area contributed by atoms with E-state index in [0.717, 1.165) is 30.9 Å². The number of fused-ring (bicyclic) bond motifs is 3. The second kappa shape index (κ2) is 7.59. The summed E-state index contributed by atoms with van der Waals surface area (Å²) >= 11 is 1.54. The molecule has 2 heterocycles. The third kappa shape index (κ3) is 3.64. The minimum absolute atomic E-state index is 0.0435. The minimum atomic E-state index is -0.789. The predicted molar refractivity (Wildman–Crippen MR) is 108 cm³/mol. The fourth-order valence-electron chi connectivity index (χ4n) is 3.64. The molecule has 1 N–H and O–H groups in total. The molecule has 0 bridgehead atoms. The van der Waals surface area contributed by atoms with E-state index in [1.54, 1.807) is 6.92 Å². The van der Waals surface area contributed by atoms with Gasteiger partial charge in [-0.1, -0.05) is 6.92 Å². The van der Waals surface area contributed by atoms with E-state index in [2.05, 4.69) is 16.9 Å². The highest BCUT2D eigenvalue weighted by molar-refractivity contribution is 7.18. The zero-order valence-corrected chi connectivity index (χ0v) is 17.2. The van der Waals surface area contributed by atoms with Gasteiger partial charge in [-0.2, -0.15) is 0 Å². The molecular weight excluding hydrogens is 395 g/mol. The van der Waals surface area contributed by atoms with Crippen molar-refractivity contribution in [2.24, 2.45) is 5.92 Å². The van der Waals surface area contributed by atoms with E-state index in [1.807, 2.05) is 0 Å². The fraction of sp³-hybridized carbons (Fsp3) is 0.381. The molecule has 0 fully saturated rings. The van der Waals surface area contributed by atoms with Gasteiger partial charge in [0.1, 0.15) is 4.83 Å². The highest BCUT2D eigenvalue weighted by Crippen LogP contribution is 2.36. The van der Waals surface area contributed by atoms with Gasteiger partial charge in [-0.15, -0.1) is 11.3 Å². The van der Waals surface area contributed by atoms with Crippen molar-refractivity contribution in [3.05, 3.63) is 56.2 Å². The number of thiophene rings is 1. The van der Waals surface area contributed by atoms with Gasteiger partial charge in [-0.05, 0) is 55.9 Å². The van der Waals surface area contributed by atoms with Crippen LogP contribution < -0.4 is 10.3 Å². The van der Waals surface area contributed by atoms with Crippen molar-refractivity contribution >= 4 is 27.5 Å². The van der Waals surface area contributed by atoms with Crippen molar-refractivity contribution in [3.8, 4) is 5.75 Å². The number of carbonyl (C=O) groups is 1. The second-order valence-electron chi connectivity index (χ2n) is 7.38. The maximum absolute atomic E-state index is 13.8. The lowest BCUT2D eigenvalue weighted by Gasteiger charge is -2.17. The third-order valence-corrected chi connectivity index (χ3v) is 6.39. The molecule has 1 aromatic carbocycles. The lowest BCUT2D eigenvalue weighted by atomic mass is 9.89. The molecule has 0 saturated carbocycles. The van der Waals surface area contributed by atoms with Gasteiger partial charge in [0.2, 0.25) is 0 Å². The Morgan fingerprint density at radius 1 is 1.41 bits per heavy atom. The van der Waals surface area contributed by atoms with Gasteiger partial charge in [0.05, 0.1) is 18.1 Å². The molecule has 0 spiro atoms. The number of benzene rings is 1. The molecule has 3 aromatic rings. The summed E-state index contributed by atoms with van der Waals surface area (Å²) < 4.78 is 24.1. The van der Waals surface area contributed by atoms with Crippen molar-refractivity contribution in [2.45, 2.75) is 39.2 Å². The average molecular weight is 416 g/mol. The summed E-state index contributed by atoms with van der Waals surface area (Å²) in [5.41, 5.74) is 0.941. The molecule has 2 aromatic heterocycles. The summed E-state index contributed by atoms with van der Waals surface area (Å²) in [5, 5.41) is 0.649. The van der Waals surface area contributed by atoms with Gasteiger partial charge in [-0.25, -0.2) is 14.2 Å². The standard InChI is InChI=1S/C21H21FN2O4S/c1-10-4-6-13-16(8-10)29-20-17(13)19(25)23-18(24-20)11(2)28-21(26)12-5-7-15(27-3)14(22)9-12/h5,7,9-11H,4,6,8H2,1-3H3,(H,23,24,25)/t10-,11+/m0/s1. The molecule has 0 radical (unpaired) electrons. The zero-order chi connectivity index (χ0) is 20.7. The maximum atomic E-state index is 13.8. The quantitative estimate of drug-likeness (QED) is 0.646. The van der Waals surface area contributed by atoms with Gasteiger partial charge >= 0.3 is 5.97 Å². The largest absolute Gasteiger partial charge is 0.494 e. The Kier molecular flexibility index (Phi) is 5.12. The lowest BCUT2D eigenvalue weighted by molar-refractivity contribution is 0.0319. The number of nitrogens with one attached hydrogen (secondary N) is 1. The number of aryl methyl sites for hydroxylation is 1. The number of hydrogen-bond donors (Lipinski definition) is 1. The first kappa shape index (κ1) is 19.6. The number of aromatic amines is 1. The number of methoxy groups -OCH3 is 1. The molecule has 1 aliphatic carbocycles. The number of rotatable bonds is 4. The number of carbonyl (C=O) groups excluding carboxylic acids is 1. The SMILES string of the molecule is COc1ccc(C(=O)O[C@H](C)c2nc3sc4c(c3c(=O)[nH]2)CC[C@H](C)C4)cc1F. The molecule has 6 nitrogen and oxygen atoms in total. The van der Waals surface area contributed by atoms with Crippen LogP contribution in [0.5, 0.6) is 5.75 Å². The van der Waals surface area contributed by atoms with Gasteiger partial charge in [0.15, 0.2) is 23.5 Å². The highest BCUT2D eigenvalue weighted by atomic mass is 32.1. The van der Waals surface area contributed by atoms with E-state index in [4.69, 9.17) is 9.47 Å². The van der Waals surface area contributed by atoms with Crippen molar-refractivity contribution in [1.82, 2.24) is 9.97 Å². The summed E-state index contributed by atoms with van der Waals surface area (Å²) in [6.07, 6.45) is 2.11. The summed E-state index contributed by atoms with van der Waals surface area (Å²) in [7, 11) is 1.35. The van der Waals surface area contributed by atoms with Crippen LogP contribution in [-0.4, -0.2) is 23.0 Å². The van der Waals surface area contributed by atoms with Crippen LogP contribution in [0.1, 0.15) is 53.0 Å². The number of hydrogen-bond acceptors (Lipinski definition) is 6. The maximum Gasteiger partial charge on any atom is 0.338 e. The molecule has 0 saturated heterocycles. The minimum Gasteiger partial charge on any atom is -0.494 e. The van der Waals surface area contributed by atoms with E-state index < -0.39 is 17.9 Å². The fourth-order valence-corrected chi connectivity index (χ4v) is 5.03. The molecule has 4 rings (SSSR count). The number of esters is 1. The van der Waals surface area contributed by atoms with Crippen molar-refractivity contribution in [3.63, 3.8) is 0 Å². The monoisotopic (exact) mass is 416 g/mol. The zero-order valence-electron chi connectivity index (χ0n) is 16.4. The average Bonchev–Trinajstić information content (AvgIpc) is 3.05. The van der Waals surface area contributed by atoms with E-state index in [-0.39, 0.29) is 22.7 Å². The Bertz CT molecular complexity index is 1150. The second-order valence-corrected chi connectivity index (χ2v) is 8.46. The molecule has 1 aliphatic rings. The van der Waals surface area contributed by atoms with Crippen LogP contribution in [0.15, 0.2) is 23.0 Å². The van der Waals surface area contributed by atoms with E-state index in [0.29, 0.717) is 16.1 Å². The van der Waals surface area contributed by atoms with Gasteiger partial charge in [0, 0.05) is 4.88 Å². The predicted octanol–water partition coefficient (Wildman–Crippen LogP) is 4.18. The molecule has 0 aliphatic heterocycles. The van der Waals surface area contributed by atoms with Crippen LogP contribution in [0.3, 0.4) is 0 Å². The molecule has 0 amide bonds. The van der Waals surface area contributed by atoms with E-state index in [1.165, 1.54) is 35.5 Å². The Balaban J connectivity index is 1.60. The molecule has 29 heavy (non-hydrogen) atoms. The number of nitrogens with zero attached hydrogens (tertiary/aromatic N) is 1. The van der Waals surface area contributed by atoms with Crippen LogP contribution in [0, 0.1) is 11.7 Å². The molecule has 8 heteroatoms. The van der Waals surface area contributed by atoms with Crippen molar-refractivity contribution in [2.75, 3.05) is 7.11 Å². The Hall–Kier alpha value is -2.74. The highest BCUT2D eigenvalue weighted by Gasteiger charge is 2.24. The van der Waals surface area contributed by atoms with Gasteiger partial charge in [-0.3, -0.25) is 4.79 Å². The summed E-state index contributed by atoms with van der Waals surface area (Å²) in [6.45, 7) is 3.83. The first-order valence-corrected chi connectivity index (χ1v) is 10.3. The van der Waals surface area contributed by atoms with Crippen LogP contribution in [-0.2, 0) is 17.6 Å². The van der Waals surface area contributed by atoms with Gasteiger partial charge in [0.25, 0.3) is 5.56 Å². The molecule has 0 unspecified atom stereocenters. The van der Waals surface area contributed by atoms with E-state index >= 15 is 0 Å². The summed E-state index contributed by atoms with van der Waals surface area (Å²) in [5.74, 6) is -0.445. The summed E-state index contributed by atoms with van der Waals surface area (Å²) in [6, 6.07) is 3.84. The number of aromatic nitrogens is 2. The molecule has 152 valence electrons. The Labute approximate surface area is 170 Å². The molecular formula is C21H21FN2O4S. The number of ether oxygens (including phenoxy) is 2. The molecule has 2 atom stereocenters. The number of H-pyrrole nitrogens is 1. The third-order valence-electron chi connectivity index (χ3n) is 5.24. The van der Waals surface area contributed by atoms with Crippen molar-refractivity contribution < 1.29 is 18.7 Å². The smallest absolute Gasteiger partial charge is 0.338 e. The van der Waals surface area contributed by atoms with Crippen LogP contribution >= 0.6 is 11.3 Å². The Morgan fingerprint density at radius 2 is 2.21 bits per heavy atom. The van der Waals surface area contributed by atoms with Crippen LogP contribution in [0.25, 0.3) is 10.2 Å². The first-order valence-electron chi connectivity index (χ1n) is 9.46. The summed E-state index contributed by atoms with van der Waals surface area (Å²) in [4.78, 5) is 34.3. The first-order chi connectivity index (χ1) is 13.9. The van der Waals surface area contributed by atoms with Crippen molar-refractivity contribution in [1.29, 1.82) is 0 Å². The topological polar surface area (TPSA) is 81.3 Å². The lowest BCUT2D eigenvalue weighted by Crippen LogP contribution is -2.18. The van der Waals surface area contributed by atoms with E-state index in [9.17, 15) is 14.0 Å².